The molecule has 2 aromatic rings. The molecule has 1 amide bonds. The third kappa shape index (κ3) is 2.96. The molecule has 2 rings (SSSR count). The van der Waals surface area contributed by atoms with E-state index in [1.54, 1.807) is 23.7 Å². The van der Waals surface area contributed by atoms with Crippen LogP contribution in [0.4, 0.5) is 0 Å². The average molecular weight is 305 g/mol. The molecule has 0 aromatic heterocycles. The Morgan fingerprint density at radius 1 is 1.10 bits per heavy atom. The summed E-state index contributed by atoms with van der Waals surface area (Å²) >= 11 is 0. The van der Waals surface area contributed by atoms with E-state index in [-0.39, 0.29) is 15.4 Å². The molecule has 0 atom stereocenters. The van der Waals surface area contributed by atoms with Gasteiger partial charge in [0.1, 0.15) is 0 Å². The first-order valence-corrected chi connectivity index (χ1v) is 7.86. The Kier molecular flexibility index (Phi) is 4.40. The number of sulfone groups is 1. The second kappa shape index (κ2) is 6.07. The van der Waals surface area contributed by atoms with E-state index in [1.807, 2.05) is 6.92 Å². The van der Waals surface area contributed by atoms with Crippen LogP contribution < -0.4 is 5.48 Å². The standard InChI is InChI=1S/C15H15NO4S/c1-2-11-10-13(8-9-14(11)15(17)16-18)21(19,20)12-6-4-3-5-7-12/h3-10,18H,2H2,1H3,(H,16,17). The monoisotopic (exact) mass is 305 g/mol. The number of rotatable bonds is 4. The van der Waals surface area contributed by atoms with Gasteiger partial charge in [-0.2, -0.15) is 0 Å². The molecule has 0 fully saturated rings. The van der Waals surface area contributed by atoms with Crippen LogP contribution in [0.1, 0.15) is 22.8 Å². The van der Waals surface area contributed by atoms with Gasteiger partial charge in [0.25, 0.3) is 5.91 Å². The van der Waals surface area contributed by atoms with Gasteiger partial charge in [-0.15, -0.1) is 0 Å². The highest BCUT2D eigenvalue weighted by Gasteiger charge is 2.19. The summed E-state index contributed by atoms with van der Waals surface area (Å²) in [6.45, 7) is 1.81. The fraction of sp³-hybridized carbons (Fsp3) is 0.133. The molecule has 0 saturated carbocycles. The fourth-order valence-corrected chi connectivity index (χ4v) is 3.38. The molecule has 110 valence electrons. The molecular weight excluding hydrogens is 290 g/mol. The highest BCUT2D eigenvalue weighted by molar-refractivity contribution is 7.91. The van der Waals surface area contributed by atoms with Crippen molar-refractivity contribution in [3.8, 4) is 0 Å². The molecule has 0 unspecified atom stereocenters. The van der Waals surface area contributed by atoms with Crippen molar-refractivity contribution in [2.45, 2.75) is 23.1 Å². The van der Waals surface area contributed by atoms with Crippen LogP contribution in [0, 0.1) is 0 Å². The predicted molar refractivity (Wildman–Crippen MR) is 77.0 cm³/mol. The van der Waals surface area contributed by atoms with E-state index >= 15 is 0 Å². The Bertz CT molecular complexity index is 754. The lowest BCUT2D eigenvalue weighted by atomic mass is 10.1. The molecule has 5 nitrogen and oxygen atoms in total. The van der Waals surface area contributed by atoms with E-state index < -0.39 is 15.7 Å². The van der Waals surface area contributed by atoms with E-state index in [4.69, 9.17) is 5.21 Å². The summed E-state index contributed by atoms with van der Waals surface area (Å²) in [5, 5.41) is 8.70. The lowest BCUT2D eigenvalue weighted by Gasteiger charge is -2.10. The summed E-state index contributed by atoms with van der Waals surface area (Å²) in [4.78, 5) is 11.8. The van der Waals surface area contributed by atoms with Gasteiger partial charge in [-0.3, -0.25) is 10.0 Å². The van der Waals surface area contributed by atoms with Gasteiger partial charge in [0, 0.05) is 5.56 Å². The Labute approximate surface area is 123 Å². The van der Waals surface area contributed by atoms with Crippen molar-refractivity contribution in [2.75, 3.05) is 0 Å². The number of aryl methyl sites for hydroxylation is 1. The minimum atomic E-state index is -3.61. The van der Waals surface area contributed by atoms with Crippen LogP contribution in [-0.2, 0) is 16.3 Å². The van der Waals surface area contributed by atoms with Gasteiger partial charge in [-0.1, -0.05) is 25.1 Å². The smallest absolute Gasteiger partial charge is 0.274 e. The summed E-state index contributed by atoms with van der Waals surface area (Å²) in [5.41, 5.74) is 2.37. The Hall–Kier alpha value is -2.18. The van der Waals surface area contributed by atoms with Crippen LogP contribution in [-0.4, -0.2) is 19.5 Å². The topological polar surface area (TPSA) is 83.5 Å². The quantitative estimate of drug-likeness (QED) is 0.670. The zero-order chi connectivity index (χ0) is 15.5. The number of amides is 1. The third-order valence-corrected chi connectivity index (χ3v) is 4.93. The number of hydrogen-bond donors (Lipinski definition) is 2. The molecule has 0 saturated heterocycles. The van der Waals surface area contributed by atoms with Crippen molar-refractivity contribution in [3.05, 3.63) is 59.7 Å². The summed E-state index contributed by atoms with van der Waals surface area (Å²) in [5.74, 6) is -0.657. The van der Waals surface area contributed by atoms with Gasteiger partial charge in [0.15, 0.2) is 0 Å². The summed E-state index contributed by atoms with van der Waals surface area (Å²) in [7, 11) is -3.61. The maximum atomic E-state index is 12.5. The number of benzene rings is 2. The van der Waals surface area contributed by atoms with E-state index in [0.29, 0.717) is 12.0 Å². The highest BCUT2D eigenvalue weighted by Crippen LogP contribution is 2.23. The third-order valence-electron chi connectivity index (χ3n) is 3.17. The van der Waals surface area contributed by atoms with Crippen molar-refractivity contribution in [1.29, 1.82) is 0 Å². The van der Waals surface area contributed by atoms with E-state index in [0.717, 1.165) is 0 Å². The normalized spacial score (nSPS) is 11.1. The van der Waals surface area contributed by atoms with Gasteiger partial charge >= 0.3 is 0 Å². The molecule has 21 heavy (non-hydrogen) atoms. The minimum Gasteiger partial charge on any atom is -0.288 e. The maximum absolute atomic E-state index is 12.5. The van der Waals surface area contributed by atoms with Crippen molar-refractivity contribution in [2.24, 2.45) is 0 Å². The number of hydroxylamine groups is 1. The van der Waals surface area contributed by atoms with Gasteiger partial charge in [-0.25, -0.2) is 13.9 Å². The molecule has 2 aromatic carbocycles. The first kappa shape index (κ1) is 15.2. The van der Waals surface area contributed by atoms with Gasteiger partial charge in [0.2, 0.25) is 9.84 Å². The molecule has 0 aliphatic rings. The Morgan fingerprint density at radius 3 is 2.33 bits per heavy atom. The van der Waals surface area contributed by atoms with E-state index in [1.165, 1.54) is 30.3 Å². The first-order valence-electron chi connectivity index (χ1n) is 6.38. The highest BCUT2D eigenvalue weighted by atomic mass is 32.2. The van der Waals surface area contributed by atoms with Crippen LogP contribution in [0.5, 0.6) is 0 Å². The predicted octanol–water partition coefficient (Wildman–Crippen LogP) is 2.20. The van der Waals surface area contributed by atoms with Crippen LogP contribution >= 0.6 is 0 Å². The van der Waals surface area contributed by atoms with E-state index in [9.17, 15) is 13.2 Å². The van der Waals surface area contributed by atoms with Crippen molar-refractivity contribution in [3.63, 3.8) is 0 Å². The van der Waals surface area contributed by atoms with Crippen LogP contribution in [0.3, 0.4) is 0 Å². The van der Waals surface area contributed by atoms with Crippen LogP contribution in [0.15, 0.2) is 58.3 Å². The molecular formula is C15H15NO4S. The number of carbonyl (C=O) groups excluding carboxylic acids is 1. The Morgan fingerprint density at radius 2 is 1.76 bits per heavy atom. The summed E-state index contributed by atoms with van der Waals surface area (Å²) in [6, 6.07) is 12.3. The molecule has 0 aliphatic heterocycles. The number of nitrogens with one attached hydrogen (secondary N) is 1. The second-order valence-electron chi connectivity index (χ2n) is 4.43. The largest absolute Gasteiger partial charge is 0.288 e. The summed E-state index contributed by atoms with van der Waals surface area (Å²) in [6.07, 6.45) is 0.473. The fourth-order valence-electron chi connectivity index (χ4n) is 2.05. The average Bonchev–Trinajstić information content (AvgIpc) is 2.54. The van der Waals surface area contributed by atoms with Crippen molar-refractivity contribution >= 4 is 15.7 Å². The molecule has 6 heteroatoms. The molecule has 0 bridgehead atoms. The van der Waals surface area contributed by atoms with Gasteiger partial charge in [-0.05, 0) is 42.3 Å². The van der Waals surface area contributed by atoms with Gasteiger partial charge in [0.05, 0.1) is 9.79 Å². The lowest BCUT2D eigenvalue weighted by molar-refractivity contribution is 0.0705. The molecule has 0 heterocycles. The maximum Gasteiger partial charge on any atom is 0.274 e. The van der Waals surface area contributed by atoms with Gasteiger partial charge < -0.3 is 0 Å². The second-order valence-corrected chi connectivity index (χ2v) is 6.38. The van der Waals surface area contributed by atoms with Crippen molar-refractivity contribution in [1.82, 2.24) is 5.48 Å². The number of carbonyl (C=O) groups is 1. The zero-order valence-electron chi connectivity index (χ0n) is 11.4. The van der Waals surface area contributed by atoms with Crippen LogP contribution in [0.25, 0.3) is 0 Å². The SMILES string of the molecule is CCc1cc(S(=O)(=O)c2ccccc2)ccc1C(=O)NO. The number of hydrogen-bond acceptors (Lipinski definition) is 4. The molecule has 0 spiro atoms. The van der Waals surface area contributed by atoms with E-state index in [2.05, 4.69) is 0 Å². The first-order chi connectivity index (χ1) is 10.0. The summed E-state index contributed by atoms with van der Waals surface area (Å²) < 4.78 is 25.0. The van der Waals surface area contributed by atoms with Crippen molar-refractivity contribution < 1.29 is 18.4 Å². The molecule has 0 radical (unpaired) electrons. The molecule has 0 aliphatic carbocycles. The molecule has 2 N–H and O–H groups in total. The minimum absolute atomic E-state index is 0.125. The zero-order valence-corrected chi connectivity index (χ0v) is 12.2. The van der Waals surface area contributed by atoms with Crippen LogP contribution in [0.2, 0.25) is 0 Å². The lowest BCUT2D eigenvalue weighted by Crippen LogP contribution is -2.20. The Balaban J connectivity index is 2.54.